The predicted molar refractivity (Wildman–Crippen MR) is 88.7 cm³/mol. The second-order valence-corrected chi connectivity index (χ2v) is 4.96. The third-order valence-electron chi connectivity index (χ3n) is 2.74. The fourth-order valence-corrected chi connectivity index (χ4v) is 1.75. The summed E-state index contributed by atoms with van der Waals surface area (Å²) in [4.78, 5) is 23.1. The quantitative estimate of drug-likeness (QED) is 0.654. The van der Waals surface area contributed by atoms with Gasteiger partial charge in [-0.3, -0.25) is 20.4 Å². The lowest BCUT2D eigenvalue weighted by Crippen LogP contribution is -2.43. The molecule has 2 N–H and O–H groups in total. The molecule has 0 heterocycles. The van der Waals surface area contributed by atoms with Crippen molar-refractivity contribution in [3.8, 4) is 5.75 Å². The van der Waals surface area contributed by atoms with Crippen LogP contribution in [-0.4, -0.2) is 18.4 Å². The van der Waals surface area contributed by atoms with E-state index in [9.17, 15) is 9.59 Å². The molecule has 0 spiro atoms. The Kier molecular flexibility index (Phi) is 6.20. The van der Waals surface area contributed by atoms with Crippen LogP contribution in [0, 0.1) is 0 Å². The molecule has 0 bridgehead atoms. The standard InChI is InChI=1S/C17H15ClN2O3/c18-14-9-6-13(7-10-14)8-11-16(21)19-20-17(22)12-23-15-4-2-1-3-5-15/h1-11H,12H2,(H,19,21)(H,20,22)/b11-8+. The molecule has 2 aromatic rings. The highest BCUT2D eigenvalue weighted by molar-refractivity contribution is 6.30. The Bertz CT molecular complexity index is 685. The molecule has 0 atom stereocenters. The number of para-hydroxylation sites is 1. The summed E-state index contributed by atoms with van der Waals surface area (Å²) in [5.74, 6) is -0.327. The fourth-order valence-electron chi connectivity index (χ4n) is 1.62. The number of hydrogen-bond donors (Lipinski definition) is 2. The Hall–Kier alpha value is -2.79. The van der Waals surface area contributed by atoms with Crippen LogP contribution in [0.2, 0.25) is 5.02 Å². The molecule has 0 aliphatic heterocycles. The van der Waals surface area contributed by atoms with E-state index in [2.05, 4.69) is 10.9 Å². The van der Waals surface area contributed by atoms with Crippen LogP contribution in [-0.2, 0) is 9.59 Å². The Balaban J connectivity index is 1.71. The van der Waals surface area contributed by atoms with E-state index in [-0.39, 0.29) is 6.61 Å². The summed E-state index contributed by atoms with van der Waals surface area (Å²) in [7, 11) is 0. The number of hydrogen-bond acceptors (Lipinski definition) is 3. The van der Waals surface area contributed by atoms with Crippen molar-refractivity contribution in [3.05, 3.63) is 71.3 Å². The molecule has 2 rings (SSSR count). The van der Waals surface area contributed by atoms with Crippen LogP contribution < -0.4 is 15.6 Å². The molecule has 0 radical (unpaired) electrons. The average molecular weight is 331 g/mol. The van der Waals surface area contributed by atoms with Gasteiger partial charge in [0.15, 0.2) is 6.61 Å². The second kappa shape index (κ2) is 8.60. The van der Waals surface area contributed by atoms with E-state index in [1.165, 1.54) is 6.08 Å². The number of carbonyl (C=O) groups is 2. The lowest BCUT2D eigenvalue weighted by Gasteiger charge is -2.07. The maximum Gasteiger partial charge on any atom is 0.276 e. The van der Waals surface area contributed by atoms with Gasteiger partial charge in [-0.2, -0.15) is 0 Å². The van der Waals surface area contributed by atoms with E-state index >= 15 is 0 Å². The Labute approximate surface area is 138 Å². The van der Waals surface area contributed by atoms with Gasteiger partial charge in [0.1, 0.15) is 5.75 Å². The highest BCUT2D eigenvalue weighted by Crippen LogP contribution is 2.10. The predicted octanol–water partition coefficient (Wildman–Crippen LogP) is 2.58. The van der Waals surface area contributed by atoms with E-state index < -0.39 is 11.8 Å². The Morgan fingerprint density at radius 3 is 2.39 bits per heavy atom. The van der Waals surface area contributed by atoms with Crippen molar-refractivity contribution >= 4 is 29.5 Å². The molecule has 5 nitrogen and oxygen atoms in total. The molecule has 118 valence electrons. The summed E-state index contributed by atoms with van der Waals surface area (Å²) in [6, 6.07) is 15.9. The second-order valence-electron chi connectivity index (χ2n) is 4.52. The van der Waals surface area contributed by atoms with Crippen molar-refractivity contribution in [3.63, 3.8) is 0 Å². The number of halogens is 1. The summed E-state index contributed by atoms with van der Waals surface area (Å²) >= 11 is 5.77. The van der Waals surface area contributed by atoms with Gasteiger partial charge in [-0.1, -0.05) is 41.9 Å². The van der Waals surface area contributed by atoms with Gasteiger partial charge >= 0.3 is 0 Å². The van der Waals surface area contributed by atoms with E-state index in [0.717, 1.165) is 5.56 Å². The summed E-state index contributed by atoms with van der Waals surface area (Å²) in [5.41, 5.74) is 5.35. The van der Waals surface area contributed by atoms with Crippen LogP contribution in [0.4, 0.5) is 0 Å². The molecular weight excluding hydrogens is 316 g/mol. The minimum atomic E-state index is -0.456. The molecule has 0 unspecified atom stereocenters. The number of nitrogens with one attached hydrogen (secondary N) is 2. The van der Waals surface area contributed by atoms with Crippen molar-refractivity contribution in [1.82, 2.24) is 10.9 Å². The number of carbonyl (C=O) groups excluding carboxylic acids is 2. The van der Waals surface area contributed by atoms with E-state index in [0.29, 0.717) is 10.8 Å². The molecule has 0 aliphatic rings. The number of hydrazine groups is 1. The normalized spacial score (nSPS) is 10.3. The molecule has 0 aromatic heterocycles. The van der Waals surface area contributed by atoms with Gasteiger partial charge in [0.2, 0.25) is 0 Å². The smallest absolute Gasteiger partial charge is 0.276 e. The first kappa shape index (κ1) is 16.6. The molecule has 0 saturated heterocycles. The Morgan fingerprint density at radius 1 is 1.00 bits per heavy atom. The summed E-state index contributed by atoms with van der Waals surface area (Å²) < 4.78 is 5.25. The molecule has 0 aliphatic carbocycles. The third-order valence-corrected chi connectivity index (χ3v) is 2.99. The van der Waals surface area contributed by atoms with Gasteiger partial charge in [-0.15, -0.1) is 0 Å². The van der Waals surface area contributed by atoms with Gasteiger partial charge in [0, 0.05) is 11.1 Å². The van der Waals surface area contributed by atoms with Crippen LogP contribution >= 0.6 is 11.6 Å². The first-order valence-electron chi connectivity index (χ1n) is 6.84. The highest BCUT2D eigenvalue weighted by Gasteiger charge is 2.03. The minimum Gasteiger partial charge on any atom is -0.484 e. The number of amides is 2. The van der Waals surface area contributed by atoms with Crippen molar-refractivity contribution in [1.29, 1.82) is 0 Å². The maximum atomic E-state index is 11.6. The largest absolute Gasteiger partial charge is 0.484 e. The van der Waals surface area contributed by atoms with Crippen molar-refractivity contribution in [2.45, 2.75) is 0 Å². The third kappa shape index (κ3) is 6.23. The van der Waals surface area contributed by atoms with Crippen LogP contribution in [0.15, 0.2) is 60.7 Å². The van der Waals surface area contributed by atoms with Gasteiger partial charge in [0.25, 0.3) is 11.8 Å². The molecule has 23 heavy (non-hydrogen) atoms. The minimum absolute atomic E-state index is 0.189. The lowest BCUT2D eigenvalue weighted by atomic mass is 10.2. The van der Waals surface area contributed by atoms with Crippen LogP contribution in [0.5, 0.6) is 5.75 Å². The van der Waals surface area contributed by atoms with Gasteiger partial charge in [-0.05, 0) is 35.9 Å². The first-order chi connectivity index (χ1) is 11.1. The van der Waals surface area contributed by atoms with Crippen molar-refractivity contribution < 1.29 is 14.3 Å². The van der Waals surface area contributed by atoms with Crippen molar-refractivity contribution in [2.24, 2.45) is 0 Å². The molecule has 0 fully saturated rings. The van der Waals surface area contributed by atoms with E-state index in [1.807, 2.05) is 6.07 Å². The summed E-state index contributed by atoms with van der Waals surface area (Å²) in [5, 5.41) is 0.622. The zero-order valence-electron chi connectivity index (χ0n) is 12.2. The summed E-state index contributed by atoms with van der Waals surface area (Å²) in [6.07, 6.45) is 2.92. The van der Waals surface area contributed by atoms with E-state index in [4.69, 9.17) is 16.3 Å². The monoisotopic (exact) mass is 330 g/mol. The number of ether oxygens (including phenoxy) is 1. The van der Waals surface area contributed by atoms with Gasteiger partial charge < -0.3 is 4.74 Å². The van der Waals surface area contributed by atoms with Crippen molar-refractivity contribution in [2.75, 3.05) is 6.61 Å². The SMILES string of the molecule is O=C(/C=C/c1ccc(Cl)cc1)NNC(=O)COc1ccccc1. The highest BCUT2D eigenvalue weighted by atomic mass is 35.5. The first-order valence-corrected chi connectivity index (χ1v) is 7.21. The fraction of sp³-hybridized carbons (Fsp3) is 0.0588. The zero-order valence-corrected chi connectivity index (χ0v) is 12.9. The molecule has 0 saturated carbocycles. The van der Waals surface area contributed by atoms with Gasteiger partial charge in [0.05, 0.1) is 0 Å². The zero-order chi connectivity index (χ0) is 16.5. The van der Waals surface area contributed by atoms with Crippen LogP contribution in [0.3, 0.4) is 0 Å². The molecule has 6 heteroatoms. The van der Waals surface area contributed by atoms with E-state index in [1.54, 1.807) is 54.6 Å². The molecule has 2 amide bonds. The number of benzene rings is 2. The van der Waals surface area contributed by atoms with Gasteiger partial charge in [-0.25, -0.2) is 0 Å². The summed E-state index contributed by atoms with van der Waals surface area (Å²) in [6.45, 7) is -0.189. The average Bonchev–Trinajstić information content (AvgIpc) is 2.58. The number of rotatable bonds is 5. The molecular formula is C17H15ClN2O3. The van der Waals surface area contributed by atoms with Crippen LogP contribution in [0.25, 0.3) is 6.08 Å². The Morgan fingerprint density at radius 2 is 1.70 bits per heavy atom. The van der Waals surface area contributed by atoms with Crippen LogP contribution in [0.1, 0.15) is 5.56 Å². The molecule has 2 aromatic carbocycles. The lowest BCUT2D eigenvalue weighted by molar-refractivity contribution is -0.128. The topological polar surface area (TPSA) is 67.4 Å². The maximum absolute atomic E-state index is 11.6.